The number of rotatable bonds is 11. The Morgan fingerprint density at radius 2 is 1.64 bits per heavy atom. The molecule has 1 saturated carbocycles. The number of halogens is 1. The van der Waals surface area contributed by atoms with Gasteiger partial charge in [0.25, 0.3) is 5.91 Å². The quantitative estimate of drug-likeness (QED) is 0.348. The summed E-state index contributed by atoms with van der Waals surface area (Å²) in [5.41, 5.74) is 6.53. The maximum atomic E-state index is 14.1. The van der Waals surface area contributed by atoms with Gasteiger partial charge in [0.2, 0.25) is 17.7 Å². The lowest BCUT2D eigenvalue weighted by Gasteiger charge is -2.44. The van der Waals surface area contributed by atoms with Crippen LogP contribution in [0.1, 0.15) is 63.4 Å². The SMILES string of the molecule is NCCCC(=O)N[C@H](Cc1ccc(Cl)cc1)C(=O)N1CCC2(CC1)C(=O)N(CC(=O)NC1CCCCC1)CN2c1ccccc1. The maximum Gasteiger partial charge on any atom is 0.250 e. The Morgan fingerprint density at radius 1 is 0.956 bits per heavy atom. The fraction of sp³-hybridized carbons (Fsp3) is 0.529. The lowest BCUT2D eigenvalue weighted by molar-refractivity contribution is -0.141. The van der Waals surface area contributed by atoms with Crippen molar-refractivity contribution in [1.29, 1.82) is 0 Å². The van der Waals surface area contributed by atoms with Gasteiger partial charge in [-0.3, -0.25) is 19.2 Å². The van der Waals surface area contributed by atoms with E-state index >= 15 is 0 Å². The van der Waals surface area contributed by atoms with Crippen LogP contribution in [0.25, 0.3) is 0 Å². The molecular formula is C34H45ClN6O4. The van der Waals surface area contributed by atoms with Gasteiger partial charge in [-0.15, -0.1) is 0 Å². The number of benzene rings is 2. The molecule has 2 aliphatic heterocycles. The van der Waals surface area contributed by atoms with E-state index in [0.29, 0.717) is 57.0 Å². The molecule has 10 nitrogen and oxygen atoms in total. The molecule has 45 heavy (non-hydrogen) atoms. The van der Waals surface area contributed by atoms with Crippen molar-refractivity contribution in [3.8, 4) is 0 Å². The number of hydrogen-bond donors (Lipinski definition) is 3. The number of nitrogens with one attached hydrogen (secondary N) is 2. The summed E-state index contributed by atoms with van der Waals surface area (Å²) < 4.78 is 0. The van der Waals surface area contributed by atoms with Gasteiger partial charge in [-0.25, -0.2) is 0 Å². The van der Waals surface area contributed by atoms with E-state index < -0.39 is 11.6 Å². The zero-order valence-corrected chi connectivity index (χ0v) is 26.6. The molecule has 2 saturated heterocycles. The van der Waals surface area contributed by atoms with E-state index in [0.717, 1.165) is 36.9 Å². The minimum absolute atomic E-state index is 0.0149. The van der Waals surface area contributed by atoms with Gasteiger partial charge in [0.05, 0.1) is 6.67 Å². The Bertz CT molecular complexity index is 1330. The summed E-state index contributed by atoms with van der Waals surface area (Å²) in [6.07, 6.45) is 7.34. The first-order chi connectivity index (χ1) is 21.8. The zero-order valence-electron chi connectivity index (χ0n) is 25.9. The van der Waals surface area contributed by atoms with Crippen molar-refractivity contribution in [2.45, 2.75) is 81.8 Å². The zero-order chi connectivity index (χ0) is 31.8. The summed E-state index contributed by atoms with van der Waals surface area (Å²) >= 11 is 6.07. The molecule has 4 amide bonds. The van der Waals surface area contributed by atoms with E-state index in [4.69, 9.17) is 17.3 Å². The van der Waals surface area contributed by atoms with Crippen LogP contribution in [0.15, 0.2) is 54.6 Å². The van der Waals surface area contributed by atoms with Crippen LogP contribution in [0.3, 0.4) is 0 Å². The first-order valence-electron chi connectivity index (χ1n) is 16.2. The third kappa shape index (κ3) is 7.97. The fourth-order valence-electron chi connectivity index (χ4n) is 6.92. The molecule has 4 N–H and O–H groups in total. The van der Waals surface area contributed by atoms with Gasteiger partial charge >= 0.3 is 0 Å². The normalized spacial score (nSPS) is 19.1. The van der Waals surface area contributed by atoms with Crippen molar-refractivity contribution >= 4 is 40.9 Å². The number of para-hydroxylation sites is 1. The lowest BCUT2D eigenvalue weighted by Crippen LogP contribution is -2.60. The highest BCUT2D eigenvalue weighted by molar-refractivity contribution is 6.30. The first kappa shape index (κ1) is 32.8. The second-order valence-electron chi connectivity index (χ2n) is 12.5. The molecule has 1 spiro atoms. The van der Waals surface area contributed by atoms with Crippen LogP contribution in [0.5, 0.6) is 0 Å². The topological polar surface area (TPSA) is 128 Å². The molecule has 1 aliphatic carbocycles. The Labute approximate surface area is 270 Å². The van der Waals surface area contributed by atoms with Gasteiger partial charge in [-0.05, 0) is 68.5 Å². The van der Waals surface area contributed by atoms with E-state index in [1.165, 1.54) is 6.42 Å². The van der Waals surface area contributed by atoms with Crippen LogP contribution in [-0.4, -0.2) is 83.9 Å². The lowest BCUT2D eigenvalue weighted by atomic mass is 9.85. The second-order valence-corrected chi connectivity index (χ2v) is 12.9. The molecule has 1 atom stereocenters. The first-order valence-corrected chi connectivity index (χ1v) is 16.6. The molecular weight excluding hydrogens is 592 g/mol. The third-order valence-corrected chi connectivity index (χ3v) is 9.64. The summed E-state index contributed by atoms with van der Waals surface area (Å²) in [6, 6.07) is 16.5. The van der Waals surface area contributed by atoms with Crippen LogP contribution in [-0.2, 0) is 25.6 Å². The van der Waals surface area contributed by atoms with Crippen LogP contribution in [0, 0.1) is 0 Å². The second kappa shape index (κ2) is 15.1. The van der Waals surface area contributed by atoms with Crippen LogP contribution >= 0.6 is 11.6 Å². The van der Waals surface area contributed by atoms with Gasteiger partial charge < -0.3 is 31.1 Å². The van der Waals surface area contributed by atoms with Crippen molar-refractivity contribution in [3.63, 3.8) is 0 Å². The predicted molar refractivity (Wildman–Crippen MR) is 174 cm³/mol. The number of amides is 4. The Hall–Kier alpha value is -3.63. The van der Waals surface area contributed by atoms with Gasteiger partial charge in [0, 0.05) is 42.7 Å². The highest BCUT2D eigenvalue weighted by atomic mass is 35.5. The molecule has 5 rings (SSSR count). The molecule has 3 fully saturated rings. The number of carbonyl (C=O) groups excluding carboxylic acids is 4. The minimum Gasteiger partial charge on any atom is -0.352 e. The molecule has 3 aliphatic rings. The van der Waals surface area contributed by atoms with Crippen molar-refractivity contribution in [2.75, 3.05) is 37.7 Å². The van der Waals surface area contributed by atoms with Crippen molar-refractivity contribution < 1.29 is 19.2 Å². The Morgan fingerprint density at radius 3 is 2.31 bits per heavy atom. The van der Waals surface area contributed by atoms with E-state index in [9.17, 15) is 19.2 Å². The van der Waals surface area contributed by atoms with Crippen molar-refractivity contribution in [1.82, 2.24) is 20.4 Å². The summed E-state index contributed by atoms with van der Waals surface area (Å²) in [6.45, 7) is 1.42. The smallest absolute Gasteiger partial charge is 0.250 e. The number of carbonyl (C=O) groups is 4. The molecule has 2 aromatic rings. The Balaban J connectivity index is 1.30. The van der Waals surface area contributed by atoms with Gasteiger partial charge in [0.1, 0.15) is 18.1 Å². The maximum absolute atomic E-state index is 14.1. The standard InChI is InChI=1S/C34H45ClN6O4/c35-26-15-13-25(14-16-26)22-29(38-30(42)12-7-19-36)32(44)39-20-17-34(18-21-39)33(45)40(24-41(34)28-10-5-2-6-11-28)23-31(43)37-27-8-3-1-4-9-27/h2,5-6,10-11,13-16,27,29H,1,3-4,7-9,12,17-24,36H2,(H,37,43)(H,38,42)/t29-/m1/s1. The molecule has 2 heterocycles. The summed E-state index contributed by atoms with van der Waals surface area (Å²) in [4.78, 5) is 59.3. The fourth-order valence-corrected chi connectivity index (χ4v) is 7.04. The van der Waals surface area contributed by atoms with E-state index in [1.54, 1.807) is 21.9 Å². The van der Waals surface area contributed by atoms with E-state index in [2.05, 4.69) is 15.5 Å². The van der Waals surface area contributed by atoms with Gasteiger partial charge in [0.15, 0.2) is 0 Å². The number of piperidine rings is 1. The number of nitrogens with zero attached hydrogens (tertiary/aromatic N) is 3. The van der Waals surface area contributed by atoms with Crippen LogP contribution < -0.4 is 21.3 Å². The summed E-state index contributed by atoms with van der Waals surface area (Å²) in [5.74, 6) is -0.598. The monoisotopic (exact) mass is 636 g/mol. The minimum atomic E-state index is -0.862. The van der Waals surface area contributed by atoms with E-state index in [1.807, 2.05) is 42.5 Å². The molecule has 0 unspecified atom stereocenters. The van der Waals surface area contributed by atoms with Crippen molar-refractivity contribution in [3.05, 3.63) is 65.2 Å². The molecule has 11 heteroatoms. The molecule has 0 bridgehead atoms. The van der Waals surface area contributed by atoms with Gasteiger partial charge in [-0.2, -0.15) is 0 Å². The summed E-state index contributed by atoms with van der Waals surface area (Å²) in [5, 5.41) is 6.67. The average Bonchev–Trinajstić information content (AvgIpc) is 3.31. The number of anilines is 1. The third-order valence-electron chi connectivity index (χ3n) is 9.38. The number of nitrogens with two attached hydrogens (primary N) is 1. The summed E-state index contributed by atoms with van der Waals surface area (Å²) in [7, 11) is 0. The highest BCUT2D eigenvalue weighted by Crippen LogP contribution is 2.39. The van der Waals surface area contributed by atoms with Crippen LogP contribution in [0.4, 0.5) is 5.69 Å². The van der Waals surface area contributed by atoms with Gasteiger partial charge in [-0.1, -0.05) is 61.2 Å². The molecule has 0 aromatic heterocycles. The van der Waals surface area contributed by atoms with Crippen molar-refractivity contribution in [2.24, 2.45) is 5.73 Å². The number of hydrogen-bond acceptors (Lipinski definition) is 6. The molecule has 2 aromatic carbocycles. The Kier molecular flexibility index (Phi) is 11.0. The van der Waals surface area contributed by atoms with E-state index in [-0.39, 0.29) is 42.6 Å². The van der Waals surface area contributed by atoms with Crippen LogP contribution in [0.2, 0.25) is 5.02 Å². The predicted octanol–water partition coefficient (Wildman–Crippen LogP) is 3.22. The highest BCUT2D eigenvalue weighted by Gasteiger charge is 2.54. The average molecular weight is 637 g/mol. The largest absolute Gasteiger partial charge is 0.352 e. The molecule has 242 valence electrons. The molecule has 0 radical (unpaired) electrons. The number of likely N-dealkylation sites (tertiary alicyclic amines) is 1.